The molecule has 0 radical (unpaired) electrons. The molecule has 2 aromatic carbocycles. The number of hydrogen-bond acceptors (Lipinski definition) is 4. The van der Waals surface area contributed by atoms with E-state index in [9.17, 15) is 13.2 Å². The van der Waals surface area contributed by atoms with E-state index < -0.39 is 11.7 Å². The van der Waals surface area contributed by atoms with Gasteiger partial charge in [-0.3, -0.25) is 0 Å². The molecular formula is C30H38F3N3S. The fraction of sp³-hybridized carbons (Fsp3) is 0.600. The molecule has 1 saturated carbocycles. The fourth-order valence-electron chi connectivity index (χ4n) is 7.03. The van der Waals surface area contributed by atoms with E-state index in [4.69, 9.17) is 0 Å². The van der Waals surface area contributed by atoms with Gasteiger partial charge < -0.3 is 15.1 Å². The first-order valence-corrected chi connectivity index (χ1v) is 14.9. The zero-order valence-electron chi connectivity index (χ0n) is 21.8. The molecule has 6 rings (SSSR count). The molecular weight excluding hydrogens is 491 g/mol. The molecule has 0 unspecified atom stereocenters. The van der Waals surface area contributed by atoms with Crippen LogP contribution in [0.1, 0.15) is 75.0 Å². The highest BCUT2D eigenvalue weighted by Crippen LogP contribution is 2.49. The molecule has 1 N–H and O–H groups in total. The number of nitrogens with one attached hydrogen (secondary N) is 1. The molecule has 0 amide bonds. The average Bonchev–Trinajstić information content (AvgIpc) is 3.53. The Balaban J connectivity index is 1.24. The van der Waals surface area contributed by atoms with Crippen LogP contribution in [0, 0.1) is 5.41 Å². The number of alkyl halides is 3. The van der Waals surface area contributed by atoms with Crippen molar-refractivity contribution in [2.75, 3.05) is 42.9 Å². The van der Waals surface area contributed by atoms with Crippen LogP contribution < -0.4 is 10.2 Å². The van der Waals surface area contributed by atoms with Gasteiger partial charge in [0.1, 0.15) is 0 Å². The van der Waals surface area contributed by atoms with Crippen molar-refractivity contribution in [2.24, 2.45) is 5.41 Å². The number of rotatable bonds is 5. The van der Waals surface area contributed by atoms with Gasteiger partial charge in [0.2, 0.25) is 0 Å². The van der Waals surface area contributed by atoms with Gasteiger partial charge in [0, 0.05) is 59.8 Å². The summed E-state index contributed by atoms with van der Waals surface area (Å²) in [5.41, 5.74) is 4.07. The third kappa shape index (κ3) is 5.23. The predicted molar refractivity (Wildman–Crippen MR) is 146 cm³/mol. The summed E-state index contributed by atoms with van der Waals surface area (Å²) in [7, 11) is 0. The SMILES string of the molecule is CCCN1CCC(Nc2cc(C(F)(F)F)cc3c2Cc2ccc(N4CCC5(CCCC5)C4)cc2S3)CC1. The Morgan fingerprint density at radius 3 is 2.51 bits per heavy atom. The molecule has 7 heteroatoms. The predicted octanol–water partition coefficient (Wildman–Crippen LogP) is 7.82. The van der Waals surface area contributed by atoms with E-state index in [-0.39, 0.29) is 6.04 Å². The second-order valence-electron chi connectivity index (χ2n) is 11.7. The Kier molecular flexibility index (Phi) is 6.89. The van der Waals surface area contributed by atoms with Crippen molar-refractivity contribution in [3.05, 3.63) is 47.0 Å². The smallest absolute Gasteiger partial charge is 0.382 e. The van der Waals surface area contributed by atoms with E-state index >= 15 is 0 Å². The Morgan fingerprint density at radius 1 is 1.00 bits per heavy atom. The minimum atomic E-state index is -4.36. The van der Waals surface area contributed by atoms with Gasteiger partial charge in [0.05, 0.1) is 5.56 Å². The first-order chi connectivity index (χ1) is 17.8. The zero-order chi connectivity index (χ0) is 25.6. The number of hydrogen-bond donors (Lipinski definition) is 1. The van der Waals surface area contributed by atoms with E-state index in [1.807, 2.05) is 0 Å². The second-order valence-corrected chi connectivity index (χ2v) is 12.8. The van der Waals surface area contributed by atoms with Crippen LogP contribution in [0.3, 0.4) is 0 Å². The number of fused-ring (bicyclic) bond motifs is 2. The number of likely N-dealkylation sites (tertiary alicyclic amines) is 1. The van der Waals surface area contributed by atoms with Crippen LogP contribution in [0.2, 0.25) is 0 Å². The Bertz CT molecular complexity index is 1130. The number of benzene rings is 2. The Labute approximate surface area is 223 Å². The lowest BCUT2D eigenvalue weighted by Crippen LogP contribution is -2.39. The quantitative estimate of drug-likeness (QED) is 0.363. The number of anilines is 2. The molecule has 0 bridgehead atoms. The van der Waals surface area contributed by atoms with Gasteiger partial charge in [-0.05, 0) is 85.9 Å². The van der Waals surface area contributed by atoms with Crippen molar-refractivity contribution in [3.63, 3.8) is 0 Å². The lowest BCUT2D eigenvalue weighted by atomic mass is 9.86. The van der Waals surface area contributed by atoms with Crippen LogP contribution in [0.25, 0.3) is 0 Å². The summed E-state index contributed by atoms with van der Waals surface area (Å²) in [5.74, 6) is 0. The molecule has 2 aromatic rings. The molecule has 200 valence electrons. The van der Waals surface area contributed by atoms with E-state index in [0.717, 1.165) is 67.3 Å². The van der Waals surface area contributed by atoms with Gasteiger partial charge in [0.25, 0.3) is 0 Å². The monoisotopic (exact) mass is 529 g/mol. The Morgan fingerprint density at radius 2 is 1.78 bits per heavy atom. The molecule has 0 aromatic heterocycles. The molecule has 3 fully saturated rings. The molecule has 3 nitrogen and oxygen atoms in total. The third-order valence-electron chi connectivity index (χ3n) is 9.13. The Hall–Kier alpha value is -1.86. The van der Waals surface area contributed by atoms with Crippen molar-refractivity contribution in [1.82, 2.24) is 4.90 Å². The van der Waals surface area contributed by atoms with Gasteiger partial charge in [-0.15, -0.1) is 0 Å². The van der Waals surface area contributed by atoms with Gasteiger partial charge >= 0.3 is 6.18 Å². The molecule has 4 aliphatic rings. The van der Waals surface area contributed by atoms with Crippen LogP contribution in [0.15, 0.2) is 40.1 Å². The molecule has 3 heterocycles. The van der Waals surface area contributed by atoms with E-state index in [0.29, 0.717) is 17.5 Å². The average molecular weight is 530 g/mol. The summed E-state index contributed by atoms with van der Waals surface area (Å²) in [4.78, 5) is 6.82. The van der Waals surface area contributed by atoms with Crippen LogP contribution in [-0.2, 0) is 12.6 Å². The normalized spacial score (nSPS) is 21.9. The van der Waals surface area contributed by atoms with Crippen LogP contribution >= 0.6 is 11.8 Å². The molecule has 3 aliphatic heterocycles. The second kappa shape index (κ2) is 10.0. The highest BCUT2D eigenvalue weighted by molar-refractivity contribution is 7.99. The summed E-state index contributed by atoms with van der Waals surface area (Å²) < 4.78 is 41.7. The van der Waals surface area contributed by atoms with Gasteiger partial charge in [-0.2, -0.15) is 13.2 Å². The number of piperidine rings is 1. The van der Waals surface area contributed by atoms with Crippen molar-refractivity contribution >= 4 is 23.1 Å². The molecule has 1 aliphatic carbocycles. The largest absolute Gasteiger partial charge is 0.416 e. The summed E-state index contributed by atoms with van der Waals surface area (Å²) in [6.45, 7) is 7.50. The minimum absolute atomic E-state index is 0.215. The van der Waals surface area contributed by atoms with Crippen molar-refractivity contribution in [2.45, 2.75) is 86.7 Å². The van der Waals surface area contributed by atoms with Gasteiger partial charge in [-0.25, -0.2) is 0 Å². The standard InChI is InChI=1S/C30H38F3N3S/c1-2-12-35-13-7-23(8-14-35)34-26-17-22(30(31,32)33)18-28-25(26)16-21-5-6-24(19-27(21)37-28)36-15-11-29(20-36)9-3-4-10-29/h5-6,17-19,23,34H,2-4,7-16,20H2,1H3. The van der Waals surface area contributed by atoms with Crippen LogP contribution in [-0.4, -0.2) is 43.7 Å². The van der Waals surface area contributed by atoms with Crippen molar-refractivity contribution in [3.8, 4) is 0 Å². The maximum atomic E-state index is 13.9. The summed E-state index contributed by atoms with van der Waals surface area (Å²) >= 11 is 1.52. The van der Waals surface area contributed by atoms with E-state index in [2.05, 4.69) is 40.2 Å². The topological polar surface area (TPSA) is 18.5 Å². The van der Waals surface area contributed by atoms with Gasteiger partial charge in [0.15, 0.2) is 0 Å². The van der Waals surface area contributed by atoms with E-state index in [1.165, 1.54) is 67.2 Å². The fourth-order valence-corrected chi connectivity index (χ4v) is 8.21. The molecule has 1 spiro atoms. The maximum Gasteiger partial charge on any atom is 0.416 e. The molecule has 2 saturated heterocycles. The van der Waals surface area contributed by atoms with Crippen LogP contribution in [0.4, 0.5) is 24.5 Å². The lowest BCUT2D eigenvalue weighted by molar-refractivity contribution is -0.137. The minimum Gasteiger partial charge on any atom is -0.382 e. The van der Waals surface area contributed by atoms with Crippen LogP contribution in [0.5, 0.6) is 0 Å². The highest BCUT2D eigenvalue weighted by atomic mass is 32.2. The molecule has 0 atom stereocenters. The maximum absolute atomic E-state index is 13.9. The highest BCUT2D eigenvalue weighted by Gasteiger charge is 2.40. The summed E-state index contributed by atoms with van der Waals surface area (Å²) in [6.07, 6.45) is 6.03. The third-order valence-corrected chi connectivity index (χ3v) is 10.3. The summed E-state index contributed by atoms with van der Waals surface area (Å²) in [5, 5.41) is 3.55. The lowest BCUT2D eigenvalue weighted by Gasteiger charge is -2.34. The number of nitrogens with zero attached hydrogens (tertiary/aromatic N) is 2. The van der Waals surface area contributed by atoms with Crippen molar-refractivity contribution in [1.29, 1.82) is 0 Å². The summed E-state index contributed by atoms with van der Waals surface area (Å²) in [6, 6.07) is 9.61. The van der Waals surface area contributed by atoms with Crippen molar-refractivity contribution < 1.29 is 13.2 Å². The van der Waals surface area contributed by atoms with Gasteiger partial charge in [-0.1, -0.05) is 37.6 Å². The van der Waals surface area contributed by atoms with E-state index in [1.54, 1.807) is 0 Å². The first-order valence-electron chi connectivity index (χ1n) is 14.1. The number of halogens is 3. The first kappa shape index (κ1) is 25.4. The molecule has 37 heavy (non-hydrogen) atoms. The zero-order valence-corrected chi connectivity index (χ0v) is 22.6.